The monoisotopic (exact) mass is 396 g/mol. The summed E-state index contributed by atoms with van der Waals surface area (Å²) >= 11 is 0. The number of nitrogens with one attached hydrogen (secondary N) is 2. The van der Waals surface area contributed by atoms with Crippen molar-refractivity contribution in [1.82, 2.24) is 15.5 Å². The summed E-state index contributed by atoms with van der Waals surface area (Å²) in [6, 6.07) is 0. The van der Waals surface area contributed by atoms with Gasteiger partial charge in [-0.25, -0.2) is 0 Å². The van der Waals surface area contributed by atoms with Gasteiger partial charge in [-0.3, -0.25) is 14.5 Å². The predicted octanol–water partition coefficient (Wildman–Crippen LogP) is 0.685. The fourth-order valence-electron chi connectivity index (χ4n) is 2.42. The summed E-state index contributed by atoms with van der Waals surface area (Å²) in [4.78, 5) is 23.7. The third-order valence-corrected chi connectivity index (χ3v) is 3.62. The number of carbonyl (C=O) groups is 2. The molecule has 0 aliphatic carbocycles. The van der Waals surface area contributed by atoms with Gasteiger partial charge in [-0.1, -0.05) is 0 Å². The lowest BCUT2D eigenvalue weighted by Crippen LogP contribution is -2.41. The molecule has 0 bridgehead atoms. The van der Waals surface area contributed by atoms with Crippen LogP contribution < -0.4 is 16.4 Å². The van der Waals surface area contributed by atoms with E-state index in [0.29, 0.717) is 38.4 Å². The highest BCUT2D eigenvalue weighted by Gasteiger charge is 2.32. The van der Waals surface area contributed by atoms with Crippen LogP contribution in [-0.4, -0.2) is 62.2 Å². The van der Waals surface area contributed by atoms with E-state index in [1.54, 1.807) is 0 Å². The van der Waals surface area contributed by atoms with Crippen molar-refractivity contribution in [2.24, 2.45) is 11.7 Å². The average Bonchev–Trinajstić information content (AvgIpc) is 2.45. The molecule has 144 valence electrons. The van der Waals surface area contributed by atoms with Crippen molar-refractivity contribution in [2.45, 2.75) is 25.4 Å². The number of likely N-dealkylation sites (tertiary alicyclic amines) is 1. The Bertz CT molecular complexity index is 379. The third-order valence-electron chi connectivity index (χ3n) is 3.62. The highest BCUT2D eigenvalue weighted by molar-refractivity contribution is 5.86. The van der Waals surface area contributed by atoms with E-state index in [2.05, 4.69) is 10.6 Å². The molecule has 2 amide bonds. The first-order valence-corrected chi connectivity index (χ1v) is 7.32. The fourth-order valence-corrected chi connectivity index (χ4v) is 2.42. The SMILES string of the molecule is Cl.Cl.NCC(=O)NCC(=O)NCCC1CCN(CC(F)(F)F)CC1. The minimum absolute atomic E-state index is 0. The zero-order valence-electron chi connectivity index (χ0n) is 13.2. The minimum Gasteiger partial charge on any atom is -0.355 e. The molecule has 0 aromatic rings. The van der Waals surface area contributed by atoms with Gasteiger partial charge in [-0.05, 0) is 38.3 Å². The Morgan fingerprint density at radius 2 is 1.67 bits per heavy atom. The van der Waals surface area contributed by atoms with Crippen LogP contribution in [0.4, 0.5) is 13.2 Å². The number of rotatable bonds is 7. The summed E-state index contributed by atoms with van der Waals surface area (Å²) in [6.45, 7) is 0.206. The van der Waals surface area contributed by atoms with Crippen molar-refractivity contribution < 1.29 is 22.8 Å². The lowest BCUT2D eigenvalue weighted by atomic mass is 9.93. The van der Waals surface area contributed by atoms with Crippen LogP contribution in [0.25, 0.3) is 0 Å². The normalized spacial score (nSPS) is 15.8. The summed E-state index contributed by atoms with van der Waals surface area (Å²) in [6.07, 6.45) is -2.00. The van der Waals surface area contributed by atoms with Crippen molar-refractivity contribution in [2.75, 3.05) is 39.3 Å². The molecule has 0 aromatic heterocycles. The van der Waals surface area contributed by atoms with Crippen LogP contribution in [-0.2, 0) is 9.59 Å². The summed E-state index contributed by atoms with van der Waals surface area (Å²) in [5.74, 6) is -0.369. The molecule has 0 saturated carbocycles. The Kier molecular flexibility index (Phi) is 13.3. The van der Waals surface area contributed by atoms with Crippen molar-refractivity contribution in [1.29, 1.82) is 0 Å². The first kappa shape index (κ1) is 25.5. The molecular weight excluding hydrogens is 372 g/mol. The Hall–Kier alpha value is -0.770. The molecule has 24 heavy (non-hydrogen) atoms. The molecule has 1 fully saturated rings. The van der Waals surface area contributed by atoms with Crippen LogP contribution in [0.15, 0.2) is 0 Å². The molecule has 0 unspecified atom stereocenters. The Balaban J connectivity index is 0. The van der Waals surface area contributed by atoms with Crippen molar-refractivity contribution in [3.05, 3.63) is 0 Å². The molecule has 0 atom stereocenters. The van der Waals surface area contributed by atoms with Gasteiger partial charge in [0.1, 0.15) is 0 Å². The van der Waals surface area contributed by atoms with E-state index < -0.39 is 18.6 Å². The number of amides is 2. The second kappa shape index (κ2) is 12.6. The van der Waals surface area contributed by atoms with E-state index in [1.807, 2.05) is 0 Å². The van der Waals surface area contributed by atoms with Crippen LogP contribution in [0.1, 0.15) is 19.3 Å². The largest absolute Gasteiger partial charge is 0.401 e. The van der Waals surface area contributed by atoms with Gasteiger partial charge in [0.2, 0.25) is 11.8 Å². The van der Waals surface area contributed by atoms with Crippen LogP contribution in [0.5, 0.6) is 0 Å². The van der Waals surface area contributed by atoms with E-state index >= 15 is 0 Å². The molecular formula is C13H25Cl2F3N4O2. The van der Waals surface area contributed by atoms with Crippen molar-refractivity contribution in [3.8, 4) is 0 Å². The van der Waals surface area contributed by atoms with Gasteiger partial charge in [-0.2, -0.15) is 13.2 Å². The van der Waals surface area contributed by atoms with Crippen molar-refractivity contribution in [3.63, 3.8) is 0 Å². The average molecular weight is 397 g/mol. The number of piperidine rings is 1. The van der Waals surface area contributed by atoms with Crippen LogP contribution in [0.3, 0.4) is 0 Å². The van der Waals surface area contributed by atoms with Crippen LogP contribution >= 0.6 is 24.8 Å². The second-order valence-corrected chi connectivity index (χ2v) is 5.45. The predicted molar refractivity (Wildman–Crippen MR) is 89.4 cm³/mol. The number of hydrogen-bond donors (Lipinski definition) is 3. The lowest BCUT2D eigenvalue weighted by Gasteiger charge is -2.32. The van der Waals surface area contributed by atoms with Gasteiger partial charge < -0.3 is 16.4 Å². The number of halogens is 5. The maximum absolute atomic E-state index is 12.3. The van der Waals surface area contributed by atoms with Crippen LogP contribution in [0, 0.1) is 5.92 Å². The zero-order chi connectivity index (χ0) is 16.6. The summed E-state index contributed by atoms with van der Waals surface area (Å²) < 4.78 is 36.8. The van der Waals surface area contributed by atoms with Gasteiger partial charge in [0.25, 0.3) is 0 Å². The molecule has 0 spiro atoms. The molecule has 1 aliphatic heterocycles. The standard InChI is InChI=1S/C13H23F3N4O2.2ClH/c14-13(15,16)9-20-5-2-10(3-6-20)1-4-18-12(22)8-19-11(21)7-17;;/h10H,1-9,17H2,(H,18,22)(H,19,21);2*1H. The van der Waals surface area contributed by atoms with Gasteiger partial charge in [0.05, 0.1) is 19.6 Å². The number of carbonyl (C=O) groups excluding carboxylic acids is 2. The first-order chi connectivity index (χ1) is 10.3. The Morgan fingerprint density at radius 3 is 2.17 bits per heavy atom. The topological polar surface area (TPSA) is 87.5 Å². The third kappa shape index (κ3) is 11.7. The van der Waals surface area contributed by atoms with E-state index in [4.69, 9.17) is 5.73 Å². The Morgan fingerprint density at radius 1 is 1.08 bits per heavy atom. The van der Waals surface area contributed by atoms with E-state index in [-0.39, 0.29) is 43.8 Å². The van der Waals surface area contributed by atoms with Gasteiger partial charge >= 0.3 is 6.18 Å². The van der Waals surface area contributed by atoms with E-state index in [1.165, 1.54) is 4.90 Å². The van der Waals surface area contributed by atoms with E-state index in [0.717, 1.165) is 6.42 Å². The van der Waals surface area contributed by atoms with Crippen LogP contribution in [0.2, 0.25) is 0 Å². The number of nitrogens with two attached hydrogens (primary N) is 1. The molecule has 1 saturated heterocycles. The molecule has 4 N–H and O–H groups in total. The number of alkyl halides is 3. The van der Waals surface area contributed by atoms with Crippen molar-refractivity contribution >= 4 is 36.6 Å². The summed E-state index contributed by atoms with van der Waals surface area (Å²) in [5, 5.41) is 5.03. The minimum atomic E-state index is -4.14. The molecule has 0 radical (unpaired) electrons. The maximum Gasteiger partial charge on any atom is 0.401 e. The fraction of sp³-hybridized carbons (Fsp3) is 0.846. The smallest absolute Gasteiger partial charge is 0.355 e. The maximum atomic E-state index is 12.3. The molecule has 1 heterocycles. The molecule has 1 rings (SSSR count). The molecule has 1 aliphatic rings. The van der Waals surface area contributed by atoms with Gasteiger partial charge in [0, 0.05) is 6.54 Å². The number of hydrogen-bond acceptors (Lipinski definition) is 4. The zero-order valence-corrected chi connectivity index (χ0v) is 14.9. The highest BCUT2D eigenvalue weighted by Crippen LogP contribution is 2.23. The summed E-state index contributed by atoms with van der Waals surface area (Å²) in [5.41, 5.74) is 5.09. The second-order valence-electron chi connectivity index (χ2n) is 5.45. The summed E-state index contributed by atoms with van der Waals surface area (Å²) in [7, 11) is 0. The number of nitrogens with zero attached hydrogens (tertiary/aromatic N) is 1. The lowest BCUT2D eigenvalue weighted by molar-refractivity contribution is -0.148. The molecule has 0 aromatic carbocycles. The van der Waals surface area contributed by atoms with Gasteiger partial charge in [0.15, 0.2) is 0 Å². The molecule has 6 nitrogen and oxygen atoms in total. The highest BCUT2D eigenvalue weighted by atomic mass is 35.5. The first-order valence-electron chi connectivity index (χ1n) is 7.32. The Labute approximate surface area is 151 Å². The van der Waals surface area contributed by atoms with E-state index in [9.17, 15) is 22.8 Å². The molecule has 11 heteroatoms. The quantitative estimate of drug-likeness (QED) is 0.590. The van der Waals surface area contributed by atoms with Gasteiger partial charge in [-0.15, -0.1) is 24.8 Å².